The largest absolute Gasteiger partial charge is 0.229 e. The molecule has 0 bridgehead atoms. The van der Waals surface area contributed by atoms with Crippen LogP contribution < -0.4 is 0 Å². The summed E-state index contributed by atoms with van der Waals surface area (Å²) in [7, 11) is 0. The lowest BCUT2D eigenvalue weighted by Gasteiger charge is -2.50. The lowest BCUT2D eigenvalue weighted by Crippen LogP contribution is -2.56. The van der Waals surface area contributed by atoms with Crippen molar-refractivity contribution in [3.8, 4) is 0 Å². The molecule has 0 fully saturated rings. The van der Waals surface area contributed by atoms with Gasteiger partial charge in [-0.2, -0.15) is 0 Å². The topological polar surface area (TPSA) is 0 Å². The third-order valence-electron chi connectivity index (χ3n) is 5.93. The van der Waals surface area contributed by atoms with Crippen molar-refractivity contribution in [3.05, 3.63) is 82.0 Å². The summed E-state index contributed by atoms with van der Waals surface area (Å²) < 4.78 is 33.0. The van der Waals surface area contributed by atoms with Gasteiger partial charge < -0.3 is 0 Å². The molecular formula is C24H26F2. The fourth-order valence-electron chi connectivity index (χ4n) is 4.16. The molecule has 0 saturated carbocycles. The van der Waals surface area contributed by atoms with Crippen molar-refractivity contribution in [2.24, 2.45) is 10.8 Å². The summed E-state index contributed by atoms with van der Waals surface area (Å²) in [5.41, 5.74) is -0.890. The maximum absolute atomic E-state index is 16.5. The monoisotopic (exact) mass is 352 g/mol. The Hall–Kier alpha value is -1.96. The molecule has 2 unspecified atom stereocenters. The molecule has 2 atom stereocenters. The van der Waals surface area contributed by atoms with Crippen LogP contribution in [0.1, 0.15) is 41.5 Å². The van der Waals surface area contributed by atoms with Gasteiger partial charge in [0.05, 0.1) is 0 Å². The van der Waals surface area contributed by atoms with E-state index in [1.165, 1.54) is 0 Å². The van der Waals surface area contributed by atoms with Crippen molar-refractivity contribution in [3.63, 3.8) is 0 Å². The Morgan fingerprint density at radius 3 is 1.23 bits per heavy atom. The molecule has 0 spiro atoms. The average Bonchev–Trinajstić information content (AvgIpc) is 2.50. The highest BCUT2D eigenvalue weighted by Gasteiger charge is 2.64. The second-order valence-electron chi connectivity index (χ2n) is 9.79. The first-order valence-corrected chi connectivity index (χ1v) is 9.26. The second-order valence-corrected chi connectivity index (χ2v) is 9.79. The number of hydrogen-bond donors (Lipinski definition) is 0. The van der Waals surface area contributed by atoms with E-state index in [4.69, 9.17) is 0 Å². The van der Waals surface area contributed by atoms with Crippen LogP contribution in [0, 0.1) is 10.8 Å². The summed E-state index contributed by atoms with van der Waals surface area (Å²) in [6, 6.07) is 0. The van der Waals surface area contributed by atoms with E-state index >= 15 is 8.78 Å². The lowest BCUT2D eigenvalue weighted by molar-refractivity contribution is 0.0747. The molecule has 0 aliphatic heterocycles. The van der Waals surface area contributed by atoms with E-state index in [0.717, 1.165) is 11.1 Å². The zero-order valence-electron chi connectivity index (χ0n) is 16.4. The van der Waals surface area contributed by atoms with Crippen LogP contribution in [0.5, 0.6) is 0 Å². The summed E-state index contributed by atoms with van der Waals surface area (Å²) in [6.07, 6.45) is 14.3. The third kappa shape index (κ3) is 2.05. The van der Waals surface area contributed by atoms with Crippen LogP contribution in [0.25, 0.3) is 0 Å². The van der Waals surface area contributed by atoms with Gasteiger partial charge in [0.2, 0.25) is 11.3 Å². The van der Waals surface area contributed by atoms with E-state index in [1.54, 1.807) is 24.3 Å². The number of hydrogen-bond acceptors (Lipinski definition) is 0. The van der Waals surface area contributed by atoms with Gasteiger partial charge in [-0.25, -0.2) is 8.78 Å². The predicted octanol–water partition coefficient (Wildman–Crippen LogP) is 6.66. The van der Waals surface area contributed by atoms with Gasteiger partial charge in [-0.3, -0.25) is 0 Å². The molecule has 2 heteroatoms. The van der Waals surface area contributed by atoms with Crippen molar-refractivity contribution in [2.45, 2.75) is 52.9 Å². The van der Waals surface area contributed by atoms with E-state index < -0.39 is 11.3 Å². The number of rotatable bonds is 0. The first kappa shape index (κ1) is 17.5. The van der Waals surface area contributed by atoms with Crippen molar-refractivity contribution < 1.29 is 8.78 Å². The standard InChI is InChI=1S/C24H26F2/c1-21(2,3)19-11-15-7-9-17-13-20(22(4,5)6)14-18-10-8-16(12-19)23(15,25)24(17,18)26/h7-14H,1-6H3. The van der Waals surface area contributed by atoms with Gasteiger partial charge in [0.25, 0.3) is 0 Å². The molecule has 136 valence electrons. The van der Waals surface area contributed by atoms with Crippen molar-refractivity contribution in [1.29, 1.82) is 0 Å². The molecule has 0 saturated heterocycles. The third-order valence-corrected chi connectivity index (χ3v) is 5.93. The van der Waals surface area contributed by atoms with Gasteiger partial charge in [0.15, 0.2) is 0 Å². The van der Waals surface area contributed by atoms with Gasteiger partial charge in [-0.05, 0) is 44.3 Å². The maximum atomic E-state index is 16.5. The first-order valence-electron chi connectivity index (χ1n) is 9.26. The van der Waals surface area contributed by atoms with Crippen molar-refractivity contribution >= 4 is 0 Å². The van der Waals surface area contributed by atoms with Gasteiger partial charge >= 0.3 is 0 Å². The van der Waals surface area contributed by atoms with Crippen LogP contribution in [0.15, 0.2) is 82.0 Å². The Balaban J connectivity index is 2.01. The summed E-state index contributed by atoms with van der Waals surface area (Å²) in [6.45, 7) is 12.5. The van der Waals surface area contributed by atoms with Crippen LogP contribution in [-0.4, -0.2) is 11.3 Å². The Labute approximate surface area is 155 Å². The predicted molar refractivity (Wildman–Crippen MR) is 104 cm³/mol. The Morgan fingerprint density at radius 2 is 0.923 bits per heavy atom. The van der Waals surface area contributed by atoms with Crippen LogP contribution in [0.4, 0.5) is 8.78 Å². The molecule has 0 heterocycles. The molecule has 4 aliphatic rings. The number of alkyl halides is 2. The van der Waals surface area contributed by atoms with Crippen LogP contribution in [0.2, 0.25) is 0 Å². The highest BCUT2D eigenvalue weighted by atomic mass is 19.2. The summed E-state index contributed by atoms with van der Waals surface area (Å²) in [4.78, 5) is 0. The fraction of sp³-hybridized carbons (Fsp3) is 0.417. The van der Waals surface area contributed by atoms with E-state index in [0.29, 0.717) is 22.3 Å². The van der Waals surface area contributed by atoms with Crippen LogP contribution in [0.3, 0.4) is 0 Å². The molecular weight excluding hydrogens is 326 g/mol. The molecule has 0 aromatic carbocycles. The van der Waals surface area contributed by atoms with Crippen LogP contribution >= 0.6 is 0 Å². The van der Waals surface area contributed by atoms with Crippen molar-refractivity contribution in [2.75, 3.05) is 0 Å². The van der Waals surface area contributed by atoms with Gasteiger partial charge in [0, 0.05) is 0 Å². The molecule has 0 nitrogen and oxygen atoms in total. The van der Waals surface area contributed by atoms with E-state index in [-0.39, 0.29) is 10.8 Å². The highest BCUT2D eigenvalue weighted by Crippen LogP contribution is 2.60. The Morgan fingerprint density at radius 1 is 0.577 bits per heavy atom. The first-order chi connectivity index (χ1) is 11.9. The van der Waals surface area contributed by atoms with E-state index in [1.807, 2.05) is 24.3 Å². The van der Waals surface area contributed by atoms with E-state index in [2.05, 4.69) is 41.5 Å². The smallest absolute Gasteiger partial charge is 0.203 e. The average molecular weight is 352 g/mol. The Bertz CT molecular complexity index is 840. The summed E-state index contributed by atoms with van der Waals surface area (Å²) >= 11 is 0. The quantitative estimate of drug-likeness (QED) is 0.457. The van der Waals surface area contributed by atoms with Gasteiger partial charge in [-0.15, -0.1) is 0 Å². The SMILES string of the molecule is CC(C)(C)C1=CC2=CC=C3C=C(C(C)(C)C)C=C4C=CC(=C1)C2(F)C34F. The van der Waals surface area contributed by atoms with Gasteiger partial charge in [0.1, 0.15) is 0 Å². The normalized spacial score (nSPS) is 32.6. The number of halogens is 2. The molecule has 4 rings (SSSR count). The van der Waals surface area contributed by atoms with Gasteiger partial charge in [-0.1, -0.05) is 90.2 Å². The zero-order chi connectivity index (χ0) is 19.1. The molecule has 0 amide bonds. The zero-order valence-corrected chi connectivity index (χ0v) is 16.4. The molecule has 26 heavy (non-hydrogen) atoms. The highest BCUT2D eigenvalue weighted by molar-refractivity contribution is 5.73. The minimum atomic E-state index is -2.16. The molecule has 0 aromatic rings. The number of allylic oxidation sites excluding steroid dienone is 14. The fourth-order valence-corrected chi connectivity index (χ4v) is 4.16. The van der Waals surface area contributed by atoms with E-state index in [9.17, 15) is 0 Å². The van der Waals surface area contributed by atoms with Crippen LogP contribution in [-0.2, 0) is 0 Å². The Kier molecular flexibility index (Phi) is 3.26. The lowest BCUT2D eigenvalue weighted by atomic mass is 9.57. The summed E-state index contributed by atoms with van der Waals surface area (Å²) in [5, 5.41) is 0. The maximum Gasteiger partial charge on any atom is 0.203 e. The molecule has 0 radical (unpaired) electrons. The minimum absolute atomic E-state index is 0.127. The molecule has 4 aliphatic carbocycles. The molecule has 0 aromatic heterocycles. The summed E-state index contributed by atoms with van der Waals surface area (Å²) in [5.74, 6) is 0. The van der Waals surface area contributed by atoms with Crippen molar-refractivity contribution in [1.82, 2.24) is 0 Å². The second kappa shape index (κ2) is 4.85. The minimum Gasteiger partial charge on any atom is -0.229 e. The molecule has 0 N–H and O–H groups in total.